The molecule has 1 unspecified atom stereocenters. The number of hydrogen-bond donors (Lipinski definition) is 1. The molecule has 20 heavy (non-hydrogen) atoms. The van der Waals surface area contributed by atoms with Gasteiger partial charge >= 0.3 is 5.97 Å². The first-order valence-corrected chi connectivity index (χ1v) is 7.92. The van der Waals surface area contributed by atoms with Crippen molar-refractivity contribution in [2.75, 3.05) is 13.6 Å². The van der Waals surface area contributed by atoms with Crippen LogP contribution in [0.4, 0.5) is 0 Å². The molecule has 1 aromatic heterocycles. The number of aliphatic carboxylic acids is 1. The molecule has 1 N–H and O–H groups in total. The predicted molar refractivity (Wildman–Crippen MR) is 73.8 cm³/mol. The summed E-state index contributed by atoms with van der Waals surface area (Å²) in [5.74, 6) is -0.671. The van der Waals surface area contributed by atoms with Crippen molar-refractivity contribution in [1.29, 1.82) is 0 Å². The van der Waals surface area contributed by atoms with Gasteiger partial charge in [0.25, 0.3) is 0 Å². The minimum atomic E-state index is -3.56. The summed E-state index contributed by atoms with van der Waals surface area (Å²) >= 11 is 0. The normalized spacial score (nSPS) is 13.6. The predicted octanol–water partition coefficient (Wildman–Crippen LogP) is 1.02. The Morgan fingerprint density at radius 2 is 2.20 bits per heavy atom. The molecule has 0 aliphatic heterocycles. The lowest BCUT2D eigenvalue weighted by Gasteiger charge is -2.19. The van der Waals surface area contributed by atoms with E-state index in [0.29, 0.717) is 6.54 Å². The van der Waals surface area contributed by atoms with Gasteiger partial charge in [-0.25, -0.2) is 12.7 Å². The number of nitrogens with zero attached hydrogens (tertiary/aromatic N) is 3. The van der Waals surface area contributed by atoms with Crippen molar-refractivity contribution in [3.05, 3.63) is 12.4 Å². The Hall–Kier alpha value is -1.41. The summed E-state index contributed by atoms with van der Waals surface area (Å²) in [5, 5.41) is 12.5. The second kappa shape index (κ2) is 6.85. The van der Waals surface area contributed by atoms with E-state index in [1.165, 1.54) is 28.4 Å². The number of carboxylic acids is 1. The monoisotopic (exact) mass is 303 g/mol. The number of sulfonamides is 1. The molecular formula is C12H21N3O4S. The summed E-state index contributed by atoms with van der Waals surface area (Å²) in [5.41, 5.74) is 0. The number of aromatic nitrogens is 2. The molecule has 1 atom stereocenters. The van der Waals surface area contributed by atoms with Crippen molar-refractivity contribution in [2.24, 2.45) is 5.92 Å². The third-order valence-corrected chi connectivity index (χ3v) is 4.91. The molecule has 1 rings (SSSR count). The van der Waals surface area contributed by atoms with Crippen molar-refractivity contribution >= 4 is 16.0 Å². The van der Waals surface area contributed by atoms with E-state index < -0.39 is 16.0 Å². The SMILES string of the molecule is CCC(C)CN(C)S(=O)(=O)c1cnn(CCC(=O)O)c1. The van der Waals surface area contributed by atoms with Gasteiger partial charge in [-0.3, -0.25) is 9.48 Å². The van der Waals surface area contributed by atoms with Gasteiger partial charge in [-0.1, -0.05) is 20.3 Å². The maximum absolute atomic E-state index is 12.3. The van der Waals surface area contributed by atoms with Crippen LogP contribution in [0.15, 0.2) is 17.3 Å². The Bertz CT molecular complexity index is 553. The summed E-state index contributed by atoms with van der Waals surface area (Å²) in [7, 11) is -2.02. The minimum absolute atomic E-state index is 0.0914. The first-order chi connectivity index (χ1) is 9.27. The van der Waals surface area contributed by atoms with E-state index in [1.54, 1.807) is 0 Å². The summed E-state index contributed by atoms with van der Waals surface area (Å²) < 4.78 is 27.2. The zero-order valence-corrected chi connectivity index (χ0v) is 12.8. The van der Waals surface area contributed by atoms with Gasteiger partial charge in [-0.05, 0) is 5.92 Å². The van der Waals surface area contributed by atoms with E-state index in [2.05, 4.69) is 5.10 Å². The summed E-state index contributed by atoms with van der Waals surface area (Å²) in [4.78, 5) is 10.6. The highest BCUT2D eigenvalue weighted by atomic mass is 32.2. The van der Waals surface area contributed by atoms with Crippen LogP contribution in [0.5, 0.6) is 0 Å². The average Bonchev–Trinajstić information content (AvgIpc) is 2.85. The van der Waals surface area contributed by atoms with Crippen LogP contribution in [0, 0.1) is 5.92 Å². The van der Waals surface area contributed by atoms with Crippen LogP contribution in [0.25, 0.3) is 0 Å². The van der Waals surface area contributed by atoms with E-state index in [1.807, 2.05) is 13.8 Å². The molecule has 0 radical (unpaired) electrons. The smallest absolute Gasteiger partial charge is 0.305 e. The lowest BCUT2D eigenvalue weighted by Crippen LogP contribution is -2.30. The molecule has 0 aliphatic carbocycles. The number of hydrogen-bond acceptors (Lipinski definition) is 4. The van der Waals surface area contributed by atoms with Crippen LogP contribution in [0.1, 0.15) is 26.7 Å². The molecule has 0 bridgehead atoms. The largest absolute Gasteiger partial charge is 0.481 e. The van der Waals surface area contributed by atoms with E-state index in [-0.39, 0.29) is 23.8 Å². The Labute approximate surface area is 119 Å². The van der Waals surface area contributed by atoms with Crippen molar-refractivity contribution in [2.45, 2.75) is 38.1 Å². The van der Waals surface area contributed by atoms with Crippen LogP contribution >= 0.6 is 0 Å². The highest BCUT2D eigenvalue weighted by Crippen LogP contribution is 2.15. The van der Waals surface area contributed by atoms with Gasteiger partial charge in [0.1, 0.15) is 4.90 Å². The van der Waals surface area contributed by atoms with Gasteiger partial charge < -0.3 is 5.11 Å². The van der Waals surface area contributed by atoms with Gasteiger partial charge in [-0.15, -0.1) is 0 Å². The first kappa shape index (κ1) is 16.6. The van der Waals surface area contributed by atoms with Crippen LogP contribution in [0.3, 0.4) is 0 Å². The molecule has 0 fully saturated rings. The molecule has 0 saturated carbocycles. The number of carbonyl (C=O) groups is 1. The molecule has 0 saturated heterocycles. The Kier molecular flexibility index (Phi) is 5.70. The number of rotatable bonds is 8. The van der Waals surface area contributed by atoms with E-state index >= 15 is 0 Å². The van der Waals surface area contributed by atoms with E-state index in [0.717, 1.165) is 6.42 Å². The third kappa shape index (κ3) is 4.31. The fraction of sp³-hybridized carbons (Fsp3) is 0.667. The summed E-state index contributed by atoms with van der Waals surface area (Å²) in [6.07, 6.45) is 3.43. The van der Waals surface area contributed by atoms with Crippen LogP contribution in [0.2, 0.25) is 0 Å². The van der Waals surface area contributed by atoms with Gasteiger partial charge in [0.15, 0.2) is 0 Å². The van der Waals surface area contributed by atoms with E-state index in [4.69, 9.17) is 5.11 Å². The van der Waals surface area contributed by atoms with Gasteiger partial charge in [0, 0.05) is 19.8 Å². The minimum Gasteiger partial charge on any atom is -0.481 e. The van der Waals surface area contributed by atoms with Crippen molar-refractivity contribution in [1.82, 2.24) is 14.1 Å². The fourth-order valence-electron chi connectivity index (χ4n) is 1.66. The maximum atomic E-state index is 12.3. The third-order valence-electron chi connectivity index (χ3n) is 3.14. The van der Waals surface area contributed by atoms with Crippen LogP contribution in [-0.2, 0) is 21.4 Å². The lowest BCUT2D eigenvalue weighted by molar-refractivity contribution is -0.137. The first-order valence-electron chi connectivity index (χ1n) is 6.48. The van der Waals surface area contributed by atoms with Gasteiger partial charge in [0.05, 0.1) is 19.2 Å². The molecule has 1 aromatic rings. The second-order valence-corrected chi connectivity index (χ2v) is 6.93. The molecule has 0 aromatic carbocycles. The van der Waals surface area contributed by atoms with Crippen molar-refractivity contribution in [3.63, 3.8) is 0 Å². The second-order valence-electron chi connectivity index (χ2n) is 4.88. The molecule has 0 amide bonds. The Morgan fingerprint density at radius 3 is 2.75 bits per heavy atom. The van der Waals surface area contributed by atoms with Crippen molar-refractivity contribution < 1.29 is 18.3 Å². The maximum Gasteiger partial charge on any atom is 0.305 e. The molecule has 0 aliphatic rings. The molecular weight excluding hydrogens is 282 g/mol. The van der Waals surface area contributed by atoms with Crippen LogP contribution < -0.4 is 0 Å². The highest BCUT2D eigenvalue weighted by molar-refractivity contribution is 7.89. The molecule has 0 spiro atoms. The molecule has 8 heteroatoms. The summed E-state index contributed by atoms with van der Waals surface area (Å²) in [6.45, 7) is 4.59. The number of carboxylic acid groups (broad SMARTS) is 1. The average molecular weight is 303 g/mol. The zero-order valence-electron chi connectivity index (χ0n) is 12.0. The molecule has 7 nitrogen and oxygen atoms in total. The van der Waals surface area contributed by atoms with Gasteiger partial charge in [0.2, 0.25) is 10.0 Å². The summed E-state index contributed by atoms with van der Waals surface area (Å²) in [6, 6.07) is 0. The topological polar surface area (TPSA) is 92.5 Å². The molecule has 1 heterocycles. The number of aryl methyl sites for hydroxylation is 1. The Morgan fingerprint density at radius 1 is 1.55 bits per heavy atom. The highest BCUT2D eigenvalue weighted by Gasteiger charge is 2.23. The zero-order chi connectivity index (χ0) is 15.3. The van der Waals surface area contributed by atoms with Crippen LogP contribution in [-0.4, -0.2) is 47.2 Å². The Balaban J connectivity index is 2.80. The lowest BCUT2D eigenvalue weighted by atomic mass is 10.1. The standard InChI is InChI=1S/C12H21N3O4S/c1-4-10(2)8-14(3)20(18,19)11-7-13-15(9-11)6-5-12(16)17/h7,9-10H,4-6,8H2,1-3H3,(H,16,17). The van der Waals surface area contributed by atoms with E-state index in [9.17, 15) is 13.2 Å². The van der Waals surface area contributed by atoms with Crippen molar-refractivity contribution in [3.8, 4) is 0 Å². The quantitative estimate of drug-likeness (QED) is 0.774. The molecule has 114 valence electrons. The fourth-order valence-corrected chi connectivity index (χ4v) is 2.90. The van der Waals surface area contributed by atoms with Gasteiger partial charge in [-0.2, -0.15) is 5.10 Å².